The van der Waals surface area contributed by atoms with Crippen molar-refractivity contribution in [3.05, 3.63) is 34.6 Å². The van der Waals surface area contributed by atoms with Crippen LogP contribution in [0.1, 0.15) is 64.5 Å². The number of nitrogens with one attached hydrogen (secondary N) is 1. The van der Waals surface area contributed by atoms with Crippen molar-refractivity contribution < 1.29 is 35.1 Å². The summed E-state index contributed by atoms with van der Waals surface area (Å²) < 4.78 is 0. The fraction of sp³-hybridized carbons (Fsp3) is 0.643. The van der Waals surface area contributed by atoms with Crippen molar-refractivity contribution in [2.24, 2.45) is 17.3 Å². The molecule has 1 aliphatic heterocycles. The quantitative estimate of drug-likeness (QED) is 0.328. The number of carbonyl (C=O) groups excluding carboxylic acids is 1. The number of amides is 1. The molecule has 0 spiro atoms. The molecule has 0 radical (unpaired) electrons. The Balaban J connectivity index is 1.63. The predicted molar refractivity (Wildman–Crippen MR) is 135 cm³/mol. The fourth-order valence-corrected chi connectivity index (χ4v) is 7.28. The number of aliphatic hydroxyl groups is 2. The van der Waals surface area contributed by atoms with Crippen molar-refractivity contribution in [1.82, 2.24) is 10.2 Å². The lowest BCUT2D eigenvalue weighted by molar-refractivity contribution is -0.171. The van der Waals surface area contributed by atoms with Gasteiger partial charge in [-0.1, -0.05) is 33.8 Å². The second-order valence-corrected chi connectivity index (χ2v) is 12.6. The number of likely N-dealkylation sites (tertiary alicyclic amines) is 1. The van der Waals surface area contributed by atoms with Gasteiger partial charge in [-0.15, -0.1) is 0 Å². The molecule has 37 heavy (non-hydrogen) atoms. The summed E-state index contributed by atoms with van der Waals surface area (Å²) >= 11 is 0. The number of piperidine rings is 1. The maximum Gasteiger partial charge on any atom is 0.326 e. The highest BCUT2D eigenvalue weighted by Crippen LogP contribution is 2.63. The third kappa shape index (κ3) is 3.73. The Morgan fingerprint density at radius 2 is 1.86 bits per heavy atom. The van der Waals surface area contributed by atoms with E-state index in [1.165, 1.54) is 6.07 Å². The normalized spacial score (nSPS) is 32.4. The monoisotopic (exact) mass is 514 g/mol. The number of aliphatic carboxylic acids is 1. The van der Waals surface area contributed by atoms with Crippen molar-refractivity contribution >= 4 is 11.9 Å². The molecule has 1 aromatic carbocycles. The molecule has 4 aliphatic rings. The maximum atomic E-state index is 13.5. The first kappa shape index (κ1) is 25.9. The van der Waals surface area contributed by atoms with Gasteiger partial charge in [0.05, 0.1) is 11.2 Å². The second-order valence-electron chi connectivity index (χ2n) is 12.6. The summed E-state index contributed by atoms with van der Waals surface area (Å²) in [7, 11) is 0. The number of hydrogen-bond donors (Lipinski definition) is 6. The van der Waals surface area contributed by atoms with Crippen molar-refractivity contribution in [3.63, 3.8) is 0 Å². The molecule has 2 bridgehead atoms. The van der Waals surface area contributed by atoms with Gasteiger partial charge in [0.2, 0.25) is 0 Å². The molecule has 9 heteroatoms. The maximum absolute atomic E-state index is 13.5. The summed E-state index contributed by atoms with van der Waals surface area (Å²) in [5.41, 5.74) is -2.20. The topological polar surface area (TPSA) is 151 Å². The average Bonchev–Trinajstić information content (AvgIpc) is 3.62. The highest BCUT2D eigenvalue weighted by molar-refractivity contribution is 5.97. The second kappa shape index (κ2) is 8.36. The van der Waals surface area contributed by atoms with Crippen LogP contribution in [0.4, 0.5) is 0 Å². The predicted octanol–water partition coefficient (Wildman–Crippen LogP) is 2.57. The van der Waals surface area contributed by atoms with Crippen LogP contribution >= 0.6 is 0 Å². The van der Waals surface area contributed by atoms with E-state index in [2.05, 4.69) is 10.2 Å². The van der Waals surface area contributed by atoms with E-state index in [0.29, 0.717) is 30.9 Å². The van der Waals surface area contributed by atoms with Gasteiger partial charge in [0, 0.05) is 35.9 Å². The smallest absolute Gasteiger partial charge is 0.326 e. The molecule has 1 amide bonds. The summed E-state index contributed by atoms with van der Waals surface area (Å²) in [5, 5.41) is 57.9. The number of nitrogens with zero attached hydrogens (tertiary/aromatic N) is 1. The van der Waals surface area contributed by atoms with Gasteiger partial charge >= 0.3 is 5.97 Å². The number of phenolic OH excluding ortho intramolecular Hbond substituents is 2. The molecule has 5 atom stereocenters. The van der Waals surface area contributed by atoms with E-state index in [4.69, 9.17) is 0 Å². The summed E-state index contributed by atoms with van der Waals surface area (Å²) in [4.78, 5) is 27.7. The molecule has 1 saturated heterocycles. The standard InChI is InChI=1S/C28H38N2O7/c1-14-21(32)17(24(34)29-23(25(35)36)26(2,3)4)12-28(37)19-11-16-7-8-18(31)22(33)20(16)27(14,28)9-10-30(19)13-15-5-6-15/h7-8,14-15,19,23,31-33,37H,5-6,9-13H2,1-4H3,(H,29,34)(H,35,36)/t14-,19+,23?,27+,28+/m0/s1. The number of allylic oxidation sites excluding steroid dienone is 1. The Morgan fingerprint density at radius 1 is 1.19 bits per heavy atom. The Labute approximate surface area is 216 Å². The number of aliphatic hydroxyl groups excluding tert-OH is 1. The molecule has 1 unspecified atom stereocenters. The Kier molecular flexibility index (Phi) is 5.84. The molecule has 3 aliphatic carbocycles. The van der Waals surface area contributed by atoms with Gasteiger partial charge in [-0.25, -0.2) is 4.79 Å². The Hall–Kier alpha value is -2.78. The Bertz CT molecular complexity index is 1180. The minimum Gasteiger partial charge on any atom is -0.512 e. The van der Waals surface area contributed by atoms with E-state index in [-0.39, 0.29) is 35.3 Å². The van der Waals surface area contributed by atoms with Gasteiger partial charge in [-0.05, 0) is 55.2 Å². The number of carboxylic acid groups (broad SMARTS) is 1. The molecule has 5 rings (SSSR count). The largest absolute Gasteiger partial charge is 0.512 e. The SMILES string of the molecule is C[C@H]1C(O)=C(C(=O)NC(C(=O)O)C(C)(C)C)C[C@@]2(O)[C@H]3Cc4ccc(O)c(O)c4[C@@]12CCN3CC1CC1. The van der Waals surface area contributed by atoms with Gasteiger partial charge in [-0.3, -0.25) is 9.69 Å². The summed E-state index contributed by atoms with van der Waals surface area (Å²) in [6.45, 7) is 8.35. The number of rotatable bonds is 5. The Morgan fingerprint density at radius 3 is 2.46 bits per heavy atom. The third-order valence-corrected chi connectivity index (χ3v) is 9.42. The van der Waals surface area contributed by atoms with E-state index >= 15 is 0 Å². The molecule has 1 aromatic rings. The molecule has 2 fully saturated rings. The van der Waals surface area contributed by atoms with E-state index in [0.717, 1.165) is 24.9 Å². The first-order chi connectivity index (χ1) is 17.2. The minimum atomic E-state index is -1.53. The summed E-state index contributed by atoms with van der Waals surface area (Å²) in [5.74, 6) is -2.89. The molecule has 6 N–H and O–H groups in total. The van der Waals surface area contributed by atoms with E-state index in [1.54, 1.807) is 33.8 Å². The lowest BCUT2D eigenvalue weighted by Gasteiger charge is -2.65. The number of hydrogen-bond acceptors (Lipinski definition) is 7. The van der Waals surface area contributed by atoms with Crippen molar-refractivity contribution in [3.8, 4) is 11.5 Å². The van der Waals surface area contributed by atoms with Crippen LogP contribution in [0.2, 0.25) is 0 Å². The first-order valence-electron chi connectivity index (χ1n) is 13.2. The number of aromatic hydroxyl groups is 2. The fourth-order valence-electron chi connectivity index (χ4n) is 7.28. The van der Waals surface area contributed by atoms with Crippen LogP contribution in [0.15, 0.2) is 23.5 Å². The lowest BCUT2D eigenvalue weighted by atomic mass is 9.46. The van der Waals surface area contributed by atoms with Crippen molar-refractivity contribution in [1.29, 1.82) is 0 Å². The van der Waals surface area contributed by atoms with Gasteiger partial charge in [0.15, 0.2) is 11.5 Å². The molecular weight excluding hydrogens is 476 g/mol. The zero-order chi connectivity index (χ0) is 27.1. The first-order valence-corrected chi connectivity index (χ1v) is 13.2. The van der Waals surface area contributed by atoms with Crippen LogP contribution in [0.5, 0.6) is 11.5 Å². The van der Waals surface area contributed by atoms with Gasteiger partial charge in [0.1, 0.15) is 11.8 Å². The number of carboxylic acids is 1. The number of carbonyl (C=O) groups is 2. The van der Waals surface area contributed by atoms with E-state index in [1.807, 2.05) is 0 Å². The van der Waals surface area contributed by atoms with Crippen molar-refractivity contribution in [2.45, 2.75) is 82.9 Å². The van der Waals surface area contributed by atoms with Gasteiger partial charge in [0.25, 0.3) is 5.91 Å². The summed E-state index contributed by atoms with van der Waals surface area (Å²) in [6.07, 6.45) is 2.96. The lowest BCUT2D eigenvalue weighted by Crippen LogP contribution is -2.75. The van der Waals surface area contributed by atoms with E-state index < -0.39 is 40.3 Å². The molecule has 1 heterocycles. The van der Waals surface area contributed by atoms with Crippen LogP contribution in [0, 0.1) is 17.3 Å². The van der Waals surface area contributed by atoms with E-state index in [9.17, 15) is 35.1 Å². The van der Waals surface area contributed by atoms with Gasteiger partial charge in [-0.2, -0.15) is 0 Å². The van der Waals surface area contributed by atoms with Gasteiger partial charge < -0.3 is 30.8 Å². The van der Waals surface area contributed by atoms with Crippen LogP contribution in [0.3, 0.4) is 0 Å². The third-order valence-electron chi connectivity index (χ3n) is 9.42. The number of benzene rings is 1. The molecule has 9 nitrogen and oxygen atoms in total. The number of phenols is 2. The number of fused-ring (bicyclic) bond motifs is 1. The van der Waals surface area contributed by atoms with Crippen LogP contribution in [0.25, 0.3) is 0 Å². The zero-order valence-electron chi connectivity index (χ0n) is 21.9. The average molecular weight is 515 g/mol. The van der Waals surface area contributed by atoms with Crippen molar-refractivity contribution in [2.75, 3.05) is 13.1 Å². The highest BCUT2D eigenvalue weighted by Gasteiger charge is 2.69. The summed E-state index contributed by atoms with van der Waals surface area (Å²) in [6, 6.07) is 1.67. The van der Waals surface area contributed by atoms with Crippen LogP contribution in [-0.4, -0.2) is 73.1 Å². The highest BCUT2D eigenvalue weighted by atomic mass is 16.4. The minimum absolute atomic E-state index is 0.0255. The van der Waals surface area contributed by atoms with Crippen LogP contribution < -0.4 is 5.32 Å². The van der Waals surface area contributed by atoms with Crippen LogP contribution in [-0.2, 0) is 21.4 Å². The molecular formula is C28H38N2O7. The molecule has 202 valence electrons. The molecule has 1 saturated carbocycles. The zero-order valence-corrected chi connectivity index (χ0v) is 21.9. The molecule has 0 aromatic heterocycles.